The maximum Gasteiger partial charge on any atom is 0.408 e. The number of ether oxygens (including phenoxy) is 1. The van der Waals surface area contributed by atoms with Crippen LogP contribution in [-0.2, 0) is 32.3 Å². The molecule has 13 nitrogen and oxygen atoms in total. The number of alkyl carbamates (subject to hydrolysis) is 1. The number of hydrazine groups is 1. The molecule has 4 amide bonds. The van der Waals surface area contributed by atoms with Gasteiger partial charge in [0.15, 0.2) is 0 Å². The first-order valence-electron chi connectivity index (χ1n) is 12.7. The molecule has 0 radical (unpaired) electrons. The Morgan fingerprint density at radius 3 is 2.25 bits per heavy atom. The van der Waals surface area contributed by atoms with E-state index >= 15 is 0 Å². The van der Waals surface area contributed by atoms with Crippen molar-refractivity contribution in [2.75, 3.05) is 0 Å². The first kappa shape index (κ1) is 31.5. The predicted octanol–water partition coefficient (Wildman–Crippen LogP) is 1.09. The molecule has 1 aromatic carbocycles. The van der Waals surface area contributed by atoms with Crippen LogP contribution in [0.1, 0.15) is 45.4 Å². The van der Waals surface area contributed by atoms with Crippen LogP contribution in [0.15, 0.2) is 58.6 Å². The van der Waals surface area contributed by atoms with Gasteiger partial charge in [-0.15, -0.1) is 0 Å². The van der Waals surface area contributed by atoms with Crippen molar-refractivity contribution in [2.45, 2.75) is 59.4 Å². The summed E-state index contributed by atoms with van der Waals surface area (Å²) in [5.74, 6) is -2.44. The third-order valence-electron chi connectivity index (χ3n) is 5.61. The maximum absolute atomic E-state index is 13.2. The predicted molar refractivity (Wildman–Crippen MR) is 146 cm³/mol. The van der Waals surface area contributed by atoms with Crippen LogP contribution in [-0.4, -0.2) is 50.9 Å². The zero-order valence-electron chi connectivity index (χ0n) is 23.0. The summed E-state index contributed by atoms with van der Waals surface area (Å²) in [4.78, 5) is 78.9. The molecular weight excluding hydrogens is 520 g/mol. The Balaban J connectivity index is 2.14. The number of aromatic nitrogens is 2. The molecule has 2 atom stereocenters. The minimum absolute atomic E-state index is 0.0171. The third-order valence-corrected chi connectivity index (χ3v) is 5.61. The molecule has 0 spiro atoms. The molecule has 0 aliphatic rings. The van der Waals surface area contributed by atoms with Gasteiger partial charge in [0.1, 0.15) is 18.7 Å². The van der Waals surface area contributed by atoms with Crippen molar-refractivity contribution in [3.8, 4) is 0 Å². The fourth-order valence-electron chi connectivity index (χ4n) is 3.66. The first-order valence-corrected chi connectivity index (χ1v) is 12.7. The van der Waals surface area contributed by atoms with E-state index in [9.17, 15) is 28.8 Å². The van der Waals surface area contributed by atoms with Crippen LogP contribution in [0.2, 0.25) is 0 Å². The van der Waals surface area contributed by atoms with E-state index in [0.717, 1.165) is 22.7 Å². The third kappa shape index (κ3) is 10.2. The summed E-state index contributed by atoms with van der Waals surface area (Å²) in [6, 6.07) is 8.01. The average molecular weight is 557 g/mol. The number of rotatable bonds is 12. The van der Waals surface area contributed by atoms with Gasteiger partial charge < -0.3 is 20.4 Å². The summed E-state index contributed by atoms with van der Waals surface area (Å²) < 4.78 is 5.23. The number of nitrogens with one attached hydrogen (secondary N) is 5. The first-order chi connectivity index (χ1) is 18.9. The molecule has 0 aliphatic heterocycles. The van der Waals surface area contributed by atoms with E-state index in [4.69, 9.17) is 4.74 Å². The van der Waals surface area contributed by atoms with Crippen LogP contribution >= 0.6 is 0 Å². The minimum Gasteiger partial charge on any atom is -0.445 e. The van der Waals surface area contributed by atoms with E-state index in [0.29, 0.717) is 0 Å². The van der Waals surface area contributed by atoms with Gasteiger partial charge in [-0.25, -0.2) is 14.6 Å². The Bertz CT molecular complexity index is 1270. The quantitative estimate of drug-likeness (QED) is 0.191. The average Bonchev–Trinajstić information content (AvgIpc) is 2.88. The number of aromatic amines is 2. The van der Waals surface area contributed by atoms with Gasteiger partial charge in [-0.1, -0.05) is 64.6 Å². The van der Waals surface area contributed by atoms with Crippen LogP contribution in [0, 0.1) is 11.8 Å². The second-order valence-corrected chi connectivity index (χ2v) is 9.84. The molecule has 0 saturated heterocycles. The molecule has 0 bridgehead atoms. The van der Waals surface area contributed by atoms with Crippen LogP contribution < -0.4 is 27.3 Å². The number of hydrogen-bond acceptors (Lipinski definition) is 7. The van der Waals surface area contributed by atoms with Gasteiger partial charge in [-0.05, 0) is 29.9 Å². The van der Waals surface area contributed by atoms with Crippen molar-refractivity contribution in [1.29, 1.82) is 0 Å². The lowest BCUT2D eigenvalue weighted by molar-refractivity contribution is -0.141. The van der Waals surface area contributed by atoms with E-state index in [-0.39, 0.29) is 37.1 Å². The Morgan fingerprint density at radius 1 is 1.00 bits per heavy atom. The summed E-state index contributed by atoms with van der Waals surface area (Å²) >= 11 is 0. The number of hydrogen-bond donors (Lipinski definition) is 5. The molecule has 1 unspecified atom stereocenters. The lowest BCUT2D eigenvalue weighted by atomic mass is 10.00. The largest absolute Gasteiger partial charge is 0.445 e. The SMILES string of the molecule is C=CC(=O)N(Cc1cc(=O)[nH]c(=O)[nH]1)NC(=O)[C@H](CC(C)C)NC(=O)C(NC(=O)OCc1ccccc1)C(C)C. The Labute approximate surface area is 231 Å². The van der Waals surface area contributed by atoms with E-state index in [2.05, 4.69) is 27.6 Å². The fraction of sp³-hybridized carbons (Fsp3) is 0.407. The summed E-state index contributed by atoms with van der Waals surface area (Å²) in [5.41, 5.74) is 1.80. The molecular formula is C27H36N6O7. The zero-order chi connectivity index (χ0) is 29.8. The van der Waals surface area contributed by atoms with E-state index < -0.39 is 47.1 Å². The van der Waals surface area contributed by atoms with Gasteiger partial charge in [0, 0.05) is 11.8 Å². The monoisotopic (exact) mass is 556 g/mol. The van der Waals surface area contributed by atoms with Crippen LogP contribution in [0.4, 0.5) is 4.79 Å². The molecule has 40 heavy (non-hydrogen) atoms. The van der Waals surface area contributed by atoms with Crippen LogP contribution in [0.25, 0.3) is 0 Å². The number of H-pyrrole nitrogens is 2. The number of amides is 4. The van der Waals surface area contributed by atoms with E-state index in [1.165, 1.54) is 0 Å². The van der Waals surface area contributed by atoms with Crippen LogP contribution in [0.5, 0.6) is 0 Å². The fourth-order valence-corrected chi connectivity index (χ4v) is 3.66. The lowest BCUT2D eigenvalue weighted by Gasteiger charge is -2.28. The van der Waals surface area contributed by atoms with E-state index in [1.807, 2.05) is 37.0 Å². The van der Waals surface area contributed by atoms with Crippen molar-refractivity contribution >= 4 is 23.8 Å². The number of nitrogens with zero attached hydrogens (tertiary/aromatic N) is 1. The second-order valence-electron chi connectivity index (χ2n) is 9.84. The van der Waals surface area contributed by atoms with Crippen molar-refractivity contribution in [1.82, 2.24) is 31.0 Å². The Morgan fingerprint density at radius 2 is 1.68 bits per heavy atom. The number of carbonyl (C=O) groups excluding carboxylic acids is 4. The highest BCUT2D eigenvalue weighted by Gasteiger charge is 2.31. The molecule has 2 rings (SSSR count). The van der Waals surface area contributed by atoms with Gasteiger partial charge in [0.2, 0.25) is 5.91 Å². The van der Waals surface area contributed by atoms with Crippen molar-refractivity contribution in [2.24, 2.45) is 11.8 Å². The molecule has 1 aromatic heterocycles. The van der Waals surface area contributed by atoms with Gasteiger partial charge in [0.05, 0.1) is 6.54 Å². The van der Waals surface area contributed by atoms with Gasteiger partial charge >= 0.3 is 11.8 Å². The van der Waals surface area contributed by atoms with Crippen molar-refractivity contribution in [3.63, 3.8) is 0 Å². The molecule has 0 fully saturated rings. The molecule has 216 valence electrons. The summed E-state index contributed by atoms with van der Waals surface area (Å²) in [7, 11) is 0. The minimum atomic E-state index is -1.09. The highest BCUT2D eigenvalue weighted by atomic mass is 16.5. The topological polar surface area (TPSA) is 183 Å². The van der Waals surface area contributed by atoms with E-state index in [1.54, 1.807) is 26.0 Å². The molecule has 0 aliphatic carbocycles. The Hall–Kier alpha value is -4.68. The van der Waals surface area contributed by atoms with Crippen LogP contribution in [0.3, 0.4) is 0 Å². The number of benzene rings is 1. The molecule has 13 heteroatoms. The second kappa shape index (κ2) is 15.0. The summed E-state index contributed by atoms with van der Waals surface area (Å²) in [6.45, 7) is 10.2. The maximum atomic E-state index is 13.2. The molecule has 2 aromatic rings. The highest BCUT2D eigenvalue weighted by Crippen LogP contribution is 2.10. The molecule has 1 heterocycles. The normalized spacial score (nSPS) is 12.2. The summed E-state index contributed by atoms with van der Waals surface area (Å²) in [5, 5.41) is 6.06. The Kier molecular flexibility index (Phi) is 11.9. The van der Waals surface area contributed by atoms with Gasteiger partial charge in [-0.3, -0.25) is 29.6 Å². The van der Waals surface area contributed by atoms with Crippen molar-refractivity contribution < 1.29 is 23.9 Å². The van der Waals surface area contributed by atoms with Gasteiger partial charge in [-0.2, -0.15) is 0 Å². The smallest absolute Gasteiger partial charge is 0.408 e. The number of carbonyl (C=O) groups is 4. The summed E-state index contributed by atoms with van der Waals surface area (Å²) in [6.07, 6.45) is 0.359. The molecule has 5 N–H and O–H groups in total. The zero-order valence-corrected chi connectivity index (χ0v) is 23.0. The van der Waals surface area contributed by atoms with Gasteiger partial charge in [0.25, 0.3) is 17.4 Å². The molecule has 0 saturated carbocycles. The highest BCUT2D eigenvalue weighted by molar-refractivity contribution is 5.93. The lowest BCUT2D eigenvalue weighted by Crippen LogP contribution is -2.58. The van der Waals surface area contributed by atoms with Crippen molar-refractivity contribution in [3.05, 3.63) is 81.1 Å². The standard InChI is InChI=1S/C27H36N6O7/c1-6-22(35)33(14-19-13-21(34)30-26(38)28-19)32-24(36)20(12-16(2)3)29-25(37)23(17(4)5)31-27(39)40-15-18-10-8-7-9-11-18/h6-11,13,16-17,20,23H,1,12,14-15H2,2-5H3,(H,29,37)(H,31,39)(H,32,36)(H2,28,30,34,38)/t20-,23?/m0/s1.